The van der Waals surface area contributed by atoms with Gasteiger partial charge in [0.15, 0.2) is 0 Å². The van der Waals surface area contributed by atoms with Gasteiger partial charge in [-0.3, -0.25) is 4.79 Å². The zero-order chi connectivity index (χ0) is 22.1. The summed E-state index contributed by atoms with van der Waals surface area (Å²) < 4.78 is 37.5. The molecular weight excluding hydrogens is 428 g/mol. The van der Waals surface area contributed by atoms with Gasteiger partial charge in [0.05, 0.1) is 11.6 Å². The van der Waals surface area contributed by atoms with Gasteiger partial charge in [0.25, 0.3) is 5.91 Å². The number of nitrogens with zero attached hydrogens (tertiary/aromatic N) is 1. The monoisotopic (exact) mass is 452 g/mol. The summed E-state index contributed by atoms with van der Waals surface area (Å²) in [6.45, 7) is 4.60. The Morgan fingerprint density at radius 1 is 1.30 bits per heavy atom. The molecule has 7 nitrogen and oxygen atoms in total. The van der Waals surface area contributed by atoms with Crippen LogP contribution in [0.2, 0.25) is 5.02 Å². The van der Waals surface area contributed by atoms with Crippen LogP contribution < -0.4 is 14.8 Å². The molecule has 9 heteroatoms. The van der Waals surface area contributed by atoms with Gasteiger partial charge in [0.2, 0.25) is 10.0 Å². The molecular formula is C21H25ClN2O5S. The Balaban J connectivity index is 1.82. The zero-order valence-electron chi connectivity index (χ0n) is 17.4. The molecule has 0 saturated carbocycles. The summed E-state index contributed by atoms with van der Waals surface area (Å²) in [6, 6.07) is 8.01. The molecule has 0 saturated heterocycles. The van der Waals surface area contributed by atoms with Crippen molar-refractivity contribution in [2.24, 2.45) is 0 Å². The number of carbonyl (C=O) groups is 1. The van der Waals surface area contributed by atoms with Gasteiger partial charge in [-0.15, -0.1) is 0 Å². The Hall–Kier alpha value is -2.29. The van der Waals surface area contributed by atoms with Gasteiger partial charge >= 0.3 is 0 Å². The van der Waals surface area contributed by atoms with Crippen molar-refractivity contribution >= 4 is 27.5 Å². The number of rotatable bonds is 7. The molecule has 1 aliphatic rings. The molecule has 0 aromatic heterocycles. The fraction of sp³-hybridized carbons (Fsp3) is 0.381. The van der Waals surface area contributed by atoms with Gasteiger partial charge in [-0.1, -0.05) is 11.6 Å². The third-order valence-electron chi connectivity index (χ3n) is 4.77. The molecule has 1 N–H and O–H groups in total. The van der Waals surface area contributed by atoms with Crippen LogP contribution in [0.3, 0.4) is 0 Å². The van der Waals surface area contributed by atoms with Crippen LogP contribution in [0.1, 0.15) is 35.3 Å². The van der Waals surface area contributed by atoms with Gasteiger partial charge < -0.3 is 14.8 Å². The van der Waals surface area contributed by atoms with Gasteiger partial charge in [-0.05, 0) is 44.2 Å². The molecule has 1 aliphatic heterocycles. The highest BCUT2D eigenvalue weighted by molar-refractivity contribution is 7.89. The minimum absolute atomic E-state index is 0.0590. The second kappa shape index (κ2) is 8.83. The van der Waals surface area contributed by atoms with Crippen LogP contribution in [0.15, 0.2) is 35.2 Å². The number of halogens is 1. The van der Waals surface area contributed by atoms with E-state index in [0.717, 1.165) is 27.6 Å². The molecule has 0 unspecified atom stereocenters. The molecule has 0 fully saturated rings. The van der Waals surface area contributed by atoms with E-state index in [1.807, 2.05) is 26.0 Å². The lowest BCUT2D eigenvalue weighted by Gasteiger charge is -2.15. The summed E-state index contributed by atoms with van der Waals surface area (Å²) in [4.78, 5) is 12.6. The maximum Gasteiger partial charge on any atom is 0.251 e. The second-order valence-corrected chi connectivity index (χ2v) is 9.78. The van der Waals surface area contributed by atoms with E-state index in [2.05, 4.69) is 5.32 Å². The molecule has 0 radical (unpaired) electrons. The van der Waals surface area contributed by atoms with Crippen LogP contribution in [-0.2, 0) is 23.0 Å². The number of hydrogen-bond donors (Lipinski definition) is 1. The molecule has 2 aromatic rings. The number of carbonyl (C=O) groups excluding carboxylic acids is 1. The summed E-state index contributed by atoms with van der Waals surface area (Å²) in [5.41, 5.74) is 2.06. The molecule has 0 aliphatic carbocycles. The predicted octanol–water partition coefficient (Wildman–Crippen LogP) is 3.24. The molecule has 1 amide bonds. The van der Waals surface area contributed by atoms with E-state index in [-0.39, 0.29) is 28.1 Å². The Kier molecular flexibility index (Phi) is 6.59. The minimum Gasteiger partial charge on any atom is -0.494 e. The number of ether oxygens (including phenoxy) is 2. The van der Waals surface area contributed by atoms with Gasteiger partial charge in [-0.25, -0.2) is 12.7 Å². The number of fused-ring (bicyclic) bond motifs is 1. The van der Waals surface area contributed by atoms with Crippen LogP contribution in [0.5, 0.6) is 11.5 Å². The third kappa shape index (κ3) is 4.55. The summed E-state index contributed by atoms with van der Waals surface area (Å²) >= 11 is 6.06. The molecule has 162 valence electrons. The zero-order valence-corrected chi connectivity index (χ0v) is 18.9. The van der Waals surface area contributed by atoms with Crippen molar-refractivity contribution in [3.05, 3.63) is 52.0 Å². The largest absolute Gasteiger partial charge is 0.494 e. The van der Waals surface area contributed by atoms with E-state index < -0.39 is 15.9 Å². The smallest absolute Gasteiger partial charge is 0.251 e. The average Bonchev–Trinajstić information content (AvgIpc) is 3.05. The molecule has 1 heterocycles. The van der Waals surface area contributed by atoms with Crippen molar-refractivity contribution in [1.29, 1.82) is 0 Å². The first-order valence-corrected chi connectivity index (χ1v) is 11.4. The fourth-order valence-electron chi connectivity index (χ4n) is 3.23. The first kappa shape index (κ1) is 22.4. The third-order valence-corrected chi connectivity index (χ3v) is 7.07. The molecule has 3 rings (SSSR count). The van der Waals surface area contributed by atoms with Gasteiger partial charge in [-0.2, -0.15) is 0 Å². The van der Waals surface area contributed by atoms with E-state index in [9.17, 15) is 13.2 Å². The van der Waals surface area contributed by atoms with Crippen LogP contribution in [-0.4, -0.2) is 45.4 Å². The van der Waals surface area contributed by atoms with Crippen LogP contribution in [0, 0.1) is 0 Å². The number of amides is 1. The van der Waals surface area contributed by atoms with Crippen molar-refractivity contribution in [2.45, 2.75) is 37.8 Å². The maximum atomic E-state index is 12.7. The highest BCUT2D eigenvalue weighted by atomic mass is 35.5. The van der Waals surface area contributed by atoms with Gasteiger partial charge in [0, 0.05) is 43.8 Å². The van der Waals surface area contributed by atoms with Crippen molar-refractivity contribution < 1.29 is 22.7 Å². The summed E-state index contributed by atoms with van der Waals surface area (Å²) in [7, 11) is -0.958. The Morgan fingerprint density at radius 3 is 2.70 bits per heavy atom. The van der Waals surface area contributed by atoms with E-state index in [1.165, 1.54) is 32.3 Å². The summed E-state index contributed by atoms with van der Waals surface area (Å²) in [5, 5.41) is 2.88. The number of sulfonamides is 1. The van der Waals surface area contributed by atoms with E-state index in [1.54, 1.807) is 0 Å². The number of hydrogen-bond acceptors (Lipinski definition) is 5. The molecule has 1 atom stereocenters. The lowest BCUT2D eigenvalue weighted by molar-refractivity contribution is 0.0950. The molecule has 2 aromatic carbocycles. The van der Waals surface area contributed by atoms with Crippen molar-refractivity contribution in [1.82, 2.24) is 9.62 Å². The minimum atomic E-state index is -3.77. The van der Waals surface area contributed by atoms with Crippen LogP contribution in [0.4, 0.5) is 0 Å². The molecule has 30 heavy (non-hydrogen) atoms. The Bertz CT molecular complexity index is 1070. The number of nitrogens with one attached hydrogen (secondary N) is 1. The average molecular weight is 453 g/mol. The Labute approximate surface area is 182 Å². The lowest BCUT2D eigenvalue weighted by atomic mass is 10.1. The van der Waals surface area contributed by atoms with Crippen molar-refractivity contribution in [3.63, 3.8) is 0 Å². The SMILES string of the molecule is CCOc1cc2c(cc1CNC(=O)c1ccc(Cl)c(S(=O)(=O)N(C)C)c1)O[C@@H](C)C2. The topological polar surface area (TPSA) is 84.9 Å². The predicted molar refractivity (Wildman–Crippen MR) is 115 cm³/mol. The van der Waals surface area contributed by atoms with Crippen LogP contribution >= 0.6 is 11.6 Å². The maximum absolute atomic E-state index is 12.7. The van der Waals surface area contributed by atoms with Gasteiger partial charge in [0.1, 0.15) is 22.5 Å². The first-order chi connectivity index (χ1) is 14.1. The van der Waals surface area contributed by atoms with E-state index in [4.69, 9.17) is 21.1 Å². The van der Waals surface area contributed by atoms with E-state index in [0.29, 0.717) is 12.4 Å². The fourth-order valence-corrected chi connectivity index (χ4v) is 4.62. The highest BCUT2D eigenvalue weighted by Gasteiger charge is 2.24. The standard InChI is InChI=1S/C21H25ClN2O5S/c1-5-28-18-9-15-8-13(2)29-19(15)10-16(18)12-23-21(25)14-6-7-17(22)20(11-14)30(26,27)24(3)4/h6-7,9-11,13H,5,8,12H2,1-4H3,(H,23,25)/t13-/m0/s1. The first-order valence-electron chi connectivity index (χ1n) is 9.59. The van der Waals surface area contributed by atoms with Crippen molar-refractivity contribution in [2.75, 3.05) is 20.7 Å². The normalized spacial score (nSPS) is 15.6. The molecule has 0 spiro atoms. The second-order valence-electron chi connectivity index (χ2n) is 7.25. The van der Waals surface area contributed by atoms with E-state index >= 15 is 0 Å². The molecule has 0 bridgehead atoms. The van der Waals surface area contributed by atoms with Crippen molar-refractivity contribution in [3.8, 4) is 11.5 Å². The summed E-state index contributed by atoms with van der Waals surface area (Å²) in [5.74, 6) is 1.07. The highest BCUT2D eigenvalue weighted by Crippen LogP contribution is 2.35. The number of benzene rings is 2. The quantitative estimate of drug-likeness (QED) is 0.697. The lowest BCUT2D eigenvalue weighted by Crippen LogP contribution is -2.25. The van der Waals surface area contributed by atoms with Crippen LogP contribution in [0.25, 0.3) is 0 Å². The summed E-state index contributed by atoms with van der Waals surface area (Å²) in [6.07, 6.45) is 0.918. The Morgan fingerprint density at radius 2 is 2.03 bits per heavy atom.